The number of halogens is 1. The van der Waals surface area contributed by atoms with Gasteiger partial charge in [-0.3, -0.25) is 9.78 Å². The van der Waals surface area contributed by atoms with Gasteiger partial charge in [-0.1, -0.05) is 36.2 Å². The van der Waals surface area contributed by atoms with Crippen molar-refractivity contribution in [3.8, 4) is 12.3 Å². The molecule has 3 aromatic rings. The highest BCUT2D eigenvalue weighted by Gasteiger charge is 2.31. The van der Waals surface area contributed by atoms with Crippen molar-refractivity contribution in [3.63, 3.8) is 0 Å². The number of hydrogen-bond acceptors (Lipinski definition) is 2. The number of benzene rings is 2. The normalized spacial score (nSPS) is 19.9. The highest BCUT2D eigenvalue weighted by molar-refractivity contribution is 6.30. The molecule has 1 amide bonds. The van der Waals surface area contributed by atoms with Crippen LogP contribution in [0.2, 0.25) is 5.02 Å². The first-order chi connectivity index (χ1) is 15.2. The molecular formula is C27H27ClN2O. The fourth-order valence-corrected chi connectivity index (χ4v) is 5.01. The van der Waals surface area contributed by atoms with Crippen LogP contribution < -0.4 is 5.32 Å². The maximum absolute atomic E-state index is 13.1. The first kappa shape index (κ1) is 21.4. The number of rotatable bonds is 5. The summed E-state index contributed by atoms with van der Waals surface area (Å²) < 4.78 is 0. The molecule has 0 spiro atoms. The number of terminal acetylenes is 1. The Bertz CT molecular complexity index is 1080. The molecule has 1 saturated carbocycles. The number of carbonyl (C=O) groups excluding carboxylic acids is 1. The zero-order valence-electron chi connectivity index (χ0n) is 17.6. The van der Waals surface area contributed by atoms with Gasteiger partial charge in [0.2, 0.25) is 5.91 Å². The quantitative estimate of drug-likeness (QED) is 0.356. The van der Waals surface area contributed by atoms with Gasteiger partial charge in [0.05, 0.1) is 11.4 Å². The van der Waals surface area contributed by atoms with Crippen molar-refractivity contribution in [2.75, 3.05) is 5.32 Å². The molecule has 3 nitrogen and oxygen atoms in total. The van der Waals surface area contributed by atoms with Crippen LogP contribution in [-0.4, -0.2) is 10.9 Å². The lowest BCUT2D eigenvalue weighted by molar-refractivity contribution is -0.121. The van der Waals surface area contributed by atoms with E-state index in [-0.39, 0.29) is 11.8 Å². The van der Waals surface area contributed by atoms with E-state index in [1.54, 1.807) is 12.1 Å². The molecule has 2 aromatic carbocycles. The molecule has 158 valence electrons. The monoisotopic (exact) mass is 430 g/mol. The van der Waals surface area contributed by atoms with Crippen molar-refractivity contribution in [1.82, 2.24) is 4.98 Å². The molecule has 0 radical (unpaired) electrons. The minimum atomic E-state index is -0.173. The second kappa shape index (κ2) is 9.98. The Morgan fingerprint density at radius 3 is 2.71 bits per heavy atom. The number of para-hydroxylation sites is 1. The number of fused-ring (bicyclic) bond motifs is 1. The number of pyridine rings is 1. The third-order valence-corrected chi connectivity index (χ3v) is 6.74. The van der Waals surface area contributed by atoms with E-state index in [0.717, 1.165) is 43.3 Å². The van der Waals surface area contributed by atoms with E-state index < -0.39 is 0 Å². The second-order valence-electron chi connectivity index (χ2n) is 8.39. The number of amides is 1. The molecule has 1 aliphatic rings. The summed E-state index contributed by atoms with van der Waals surface area (Å²) in [5.41, 5.74) is 3.19. The molecule has 31 heavy (non-hydrogen) atoms. The van der Waals surface area contributed by atoms with Gasteiger partial charge in [-0.2, -0.15) is 0 Å². The minimum absolute atomic E-state index is 0.0121. The highest BCUT2D eigenvalue weighted by atomic mass is 35.5. The molecule has 0 aliphatic heterocycles. The summed E-state index contributed by atoms with van der Waals surface area (Å²) in [4.78, 5) is 17.6. The zero-order valence-corrected chi connectivity index (χ0v) is 18.3. The molecule has 2 unspecified atom stereocenters. The van der Waals surface area contributed by atoms with Crippen LogP contribution >= 0.6 is 11.6 Å². The van der Waals surface area contributed by atoms with Gasteiger partial charge in [0.25, 0.3) is 0 Å². The molecule has 3 atom stereocenters. The van der Waals surface area contributed by atoms with Crippen LogP contribution in [-0.2, 0) is 4.79 Å². The summed E-state index contributed by atoms with van der Waals surface area (Å²) in [6, 6.07) is 17.7. The van der Waals surface area contributed by atoms with Crippen LogP contribution in [0.3, 0.4) is 0 Å². The van der Waals surface area contributed by atoms with Gasteiger partial charge in [0.1, 0.15) is 0 Å². The third kappa shape index (κ3) is 5.09. The first-order valence-electron chi connectivity index (χ1n) is 11.0. The van der Waals surface area contributed by atoms with E-state index in [4.69, 9.17) is 18.0 Å². The number of hydrogen-bond donors (Lipinski definition) is 1. The van der Waals surface area contributed by atoms with Gasteiger partial charge in [-0.15, -0.1) is 12.3 Å². The molecule has 4 rings (SSSR count). The van der Waals surface area contributed by atoms with Crippen molar-refractivity contribution in [3.05, 3.63) is 71.4 Å². The maximum Gasteiger partial charge on any atom is 0.228 e. The molecule has 1 N–H and O–H groups in total. The number of nitrogens with zero attached hydrogens (tertiary/aromatic N) is 1. The van der Waals surface area contributed by atoms with Crippen LogP contribution in [0.5, 0.6) is 0 Å². The summed E-state index contributed by atoms with van der Waals surface area (Å²) >= 11 is 5.96. The Kier molecular flexibility index (Phi) is 6.89. The molecule has 1 heterocycles. The van der Waals surface area contributed by atoms with Gasteiger partial charge in [0.15, 0.2) is 0 Å². The van der Waals surface area contributed by atoms with E-state index in [1.165, 1.54) is 10.9 Å². The molecule has 0 saturated heterocycles. The van der Waals surface area contributed by atoms with Crippen LogP contribution in [0, 0.1) is 24.2 Å². The molecule has 0 bridgehead atoms. The van der Waals surface area contributed by atoms with E-state index in [1.807, 2.05) is 24.4 Å². The minimum Gasteiger partial charge on any atom is -0.326 e. The van der Waals surface area contributed by atoms with Crippen molar-refractivity contribution in [1.29, 1.82) is 0 Å². The van der Waals surface area contributed by atoms with Crippen molar-refractivity contribution in [2.45, 2.75) is 44.4 Å². The molecule has 1 aliphatic carbocycles. The van der Waals surface area contributed by atoms with Gasteiger partial charge in [-0.05, 0) is 79.5 Å². The van der Waals surface area contributed by atoms with E-state index in [0.29, 0.717) is 23.3 Å². The van der Waals surface area contributed by atoms with E-state index in [2.05, 4.69) is 40.5 Å². The number of aromatic nitrogens is 1. The number of anilines is 1. The third-order valence-electron chi connectivity index (χ3n) is 6.49. The number of nitrogens with one attached hydrogen (secondary N) is 1. The molecule has 1 aromatic heterocycles. The Balaban J connectivity index is 1.48. The average Bonchev–Trinajstić information content (AvgIpc) is 3.04. The van der Waals surface area contributed by atoms with E-state index in [9.17, 15) is 4.79 Å². The lowest BCUT2D eigenvalue weighted by Crippen LogP contribution is -2.29. The van der Waals surface area contributed by atoms with Gasteiger partial charge < -0.3 is 5.32 Å². The Morgan fingerprint density at radius 1 is 1.10 bits per heavy atom. The molecule has 4 heteroatoms. The Hall–Kier alpha value is -2.83. The zero-order chi connectivity index (χ0) is 21.6. The van der Waals surface area contributed by atoms with Crippen LogP contribution in [0.4, 0.5) is 5.69 Å². The van der Waals surface area contributed by atoms with Crippen LogP contribution in [0.15, 0.2) is 60.8 Å². The van der Waals surface area contributed by atoms with Gasteiger partial charge >= 0.3 is 0 Å². The summed E-state index contributed by atoms with van der Waals surface area (Å²) in [6.45, 7) is 0. The summed E-state index contributed by atoms with van der Waals surface area (Å²) in [7, 11) is 0. The van der Waals surface area contributed by atoms with Crippen molar-refractivity contribution < 1.29 is 4.79 Å². The Morgan fingerprint density at radius 2 is 1.90 bits per heavy atom. The van der Waals surface area contributed by atoms with Crippen LogP contribution in [0.1, 0.15) is 50.0 Å². The standard InChI is InChI=1S/C27H27ClN2O/c1-2-6-24(27(31)30-22-15-13-21(28)14-16-22)20-8-5-7-19(11-12-20)23-17-18-29-26-10-4-3-9-25(23)26/h1,3-4,9-10,13-20,24H,5-8,11-12H2,(H,30,31)/t19?,20?,24-/m1/s1. The summed E-state index contributed by atoms with van der Waals surface area (Å²) in [5, 5.41) is 4.93. The molecular weight excluding hydrogens is 404 g/mol. The molecule has 1 fully saturated rings. The topological polar surface area (TPSA) is 42.0 Å². The average molecular weight is 431 g/mol. The smallest absolute Gasteiger partial charge is 0.228 e. The fraction of sp³-hybridized carbons (Fsp3) is 0.333. The summed E-state index contributed by atoms with van der Waals surface area (Å²) in [6.07, 6.45) is 13.4. The highest BCUT2D eigenvalue weighted by Crippen LogP contribution is 2.39. The predicted octanol–water partition coefficient (Wildman–Crippen LogP) is 6.83. The first-order valence-corrected chi connectivity index (χ1v) is 11.4. The van der Waals surface area contributed by atoms with Gasteiger partial charge in [-0.25, -0.2) is 0 Å². The van der Waals surface area contributed by atoms with Crippen molar-refractivity contribution in [2.24, 2.45) is 11.8 Å². The Labute approximate surface area is 189 Å². The predicted molar refractivity (Wildman–Crippen MR) is 128 cm³/mol. The lowest BCUT2D eigenvalue weighted by Gasteiger charge is -2.24. The van der Waals surface area contributed by atoms with E-state index >= 15 is 0 Å². The van der Waals surface area contributed by atoms with Crippen LogP contribution in [0.25, 0.3) is 10.9 Å². The SMILES string of the molecule is C#CC[C@@H](C(=O)Nc1ccc(Cl)cc1)C1CCCC(c2ccnc3ccccc23)CC1. The van der Waals surface area contributed by atoms with Crippen molar-refractivity contribution >= 4 is 34.1 Å². The fourth-order valence-electron chi connectivity index (χ4n) is 4.89. The maximum atomic E-state index is 13.1. The lowest BCUT2D eigenvalue weighted by atomic mass is 9.82. The summed E-state index contributed by atoms with van der Waals surface area (Å²) in [5.74, 6) is 3.36. The number of carbonyl (C=O) groups is 1. The van der Waals surface area contributed by atoms with Gasteiger partial charge in [0, 0.05) is 28.7 Å². The second-order valence-corrected chi connectivity index (χ2v) is 8.83. The largest absolute Gasteiger partial charge is 0.326 e.